The molecule has 1 aromatic carbocycles. The Hall–Kier alpha value is -1.93. The Morgan fingerprint density at radius 2 is 1.90 bits per heavy atom. The second-order valence-corrected chi connectivity index (χ2v) is 4.93. The smallest absolute Gasteiger partial charge is 0.182 e. The van der Waals surface area contributed by atoms with E-state index in [2.05, 4.69) is 65.1 Å². The summed E-state index contributed by atoms with van der Waals surface area (Å²) >= 11 is 0. The molecule has 0 bridgehead atoms. The van der Waals surface area contributed by atoms with Crippen molar-refractivity contribution in [1.82, 2.24) is 5.32 Å². The molecule has 0 aliphatic heterocycles. The summed E-state index contributed by atoms with van der Waals surface area (Å²) in [7, 11) is 1.99. The van der Waals surface area contributed by atoms with Gasteiger partial charge in [-0.25, -0.2) is 4.57 Å². The number of likely N-dealkylation sites (N-methyl/N-ethyl adjacent to an activating group) is 1. The topological polar surface area (TPSA) is 15.9 Å². The Morgan fingerprint density at radius 3 is 2.60 bits per heavy atom. The molecule has 20 heavy (non-hydrogen) atoms. The highest BCUT2D eigenvalue weighted by Gasteiger charge is 2.08. The first-order chi connectivity index (χ1) is 9.83. The molecule has 2 rings (SSSR count). The van der Waals surface area contributed by atoms with Crippen LogP contribution in [0, 0.1) is 0 Å². The minimum atomic E-state index is 1.01. The zero-order valence-corrected chi connectivity index (χ0v) is 12.2. The fourth-order valence-corrected chi connectivity index (χ4v) is 2.28. The molecule has 104 valence electrons. The summed E-state index contributed by atoms with van der Waals surface area (Å²) in [4.78, 5) is 0. The Bertz CT molecular complexity index is 544. The lowest BCUT2D eigenvalue weighted by atomic mass is 10.1. The largest absolute Gasteiger partial charge is 0.319 e. The number of rotatable bonds is 7. The van der Waals surface area contributed by atoms with Crippen LogP contribution in [0.25, 0.3) is 6.08 Å². The van der Waals surface area contributed by atoms with Gasteiger partial charge in [-0.05, 0) is 18.2 Å². The van der Waals surface area contributed by atoms with Crippen LogP contribution in [0.4, 0.5) is 0 Å². The van der Waals surface area contributed by atoms with Crippen molar-refractivity contribution < 1.29 is 4.57 Å². The van der Waals surface area contributed by atoms with Crippen molar-refractivity contribution in [2.24, 2.45) is 0 Å². The number of benzene rings is 1. The molecule has 1 N–H and O–H groups in total. The zero-order valence-electron chi connectivity index (χ0n) is 12.2. The van der Waals surface area contributed by atoms with E-state index >= 15 is 0 Å². The first-order valence-electron chi connectivity index (χ1n) is 7.17. The fraction of sp³-hybridized carbons (Fsp3) is 0.278. The monoisotopic (exact) mass is 267 g/mol. The van der Waals surface area contributed by atoms with Crippen LogP contribution in [0.3, 0.4) is 0 Å². The van der Waals surface area contributed by atoms with Crippen molar-refractivity contribution in [2.75, 3.05) is 13.6 Å². The summed E-state index contributed by atoms with van der Waals surface area (Å²) in [6, 6.07) is 15.0. The van der Waals surface area contributed by atoms with Crippen molar-refractivity contribution in [3.63, 3.8) is 0 Å². The lowest BCUT2D eigenvalue weighted by Crippen LogP contribution is -2.39. The Balaban J connectivity index is 2.00. The number of aromatic nitrogens is 1. The summed E-state index contributed by atoms with van der Waals surface area (Å²) in [5.74, 6) is 0. The molecule has 0 aliphatic carbocycles. The molecule has 2 nitrogen and oxygen atoms in total. The van der Waals surface area contributed by atoms with Gasteiger partial charge in [-0.2, -0.15) is 0 Å². The predicted octanol–water partition coefficient (Wildman–Crippen LogP) is 2.62. The van der Waals surface area contributed by atoms with E-state index in [4.69, 9.17) is 0 Å². The molecule has 0 saturated carbocycles. The molecule has 0 amide bonds. The molecule has 0 saturated heterocycles. The van der Waals surface area contributed by atoms with Crippen LogP contribution >= 0.6 is 0 Å². The summed E-state index contributed by atoms with van der Waals surface area (Å²) in [6.07, 6.45) is 6.17. The lowest BCUT2D eigenvalue weighted by molar-refractivity contribution is -0.703. The van der Waals surface area contributed by atoms with E-state index < -0.39 is 0 Å². The average Bonchev–Trinajstić information content (AvgIpc) is 2.52. The van der Waals surface area contributed by atoms with Crippen molar-refractivity contribution in [3.8, 4) is 0 Å². The summed E-state index contributed by atoms with van der Waals surface area (Å²) in [6.45, 7) is 5.82. The molecule has 2 heteroatoms. The Labute approximate surface area is 121 Å². The number of aryl methyl sites for hydroxylation is 2. The van der Waals surface area contributed by atoms with Gasteiger partial charge in [0.2, 0.25) is 0 Å². The van der Waals surface area contributed by atoms with E-state index in [1.165, 1.54) is 16.8 Å². The maximum absolute atomic E-state index is 3.78. The van der Waals surface area contributed by atoms with Gasteiger partial charge in [-0.15, -0.1) is 0 Å². The number of nitrogens with one attached hydrogen (secondary N) is 1. The Morgan fingerprint density at radius 1 is 1.10 bits per heavy atom. The second-order valence-electron chi connectivity index (χ2n) is 4.93. The van der Waals surface area contributed by atoms with Crippen molar-refractivity contribution in [3.05, 3.63) is 72.1 Å². The predicted molar refractivity (Wildman–Crippen MR) is 84.5 cm³/mol. The van der Waals surface area contributed by atoms with Gasteiger partial charge in [-0.1, -0.05) is 43.0 Å². The van der Waals surface area contributed by atoms with Gasteiger partial charge in [0.1, 0.15) is 0 Å². The molecule has 0 spiro atoms. The third-order valence-corrected chi connectivity index (χ3v) is 3.52. The van der Waals surface area contributed by atoms with Crippen LogP contribution < -0.4 is 9.88 Å². The highest BCUT2D eigenvalue weighted by Crippen LogP contribution is 2.06. The molecule has 1 heterocycles. The van der Waals surface area contributed by atoms with Crippen LogP contribution in [-0.2, 0) is 19.4 Å². The second kappa shape index (κ2) is 7.61. The van der Waals surface area contributed by atoms with E-state index in [1.54, 1.807) is 0 Å². The molecule has 0 unspecified atom stereocenters. The maximum Gasteiger partial charge on any atom is 0.182 e. The number of hydrogen-bond acceptors (Lipinski definition) is 1. The lowest BCUT2D eigenvalue weighted by Gasteiger charge is -2.04. The van der Waals surface area contributed by atoms with Crippen molar-refractivity contribution in [1.29, 1.82) is 0 Å². The molecule has 0 atom stereocenters. The number of hydrogen-bond donors (Lipinski definition) is 1. The summed E-state index contributed by atoms with van der Waals surface area (Å²) < 4.78 is 2.35. The van der Waals surface area contributed by atoms with E-state index in [1.807, 2.05) is 13.1 Å². The zero-order chi connectivity index (χ0) is 14.2. The third-order valence-electron chi connectivity index (χ3n) is 3.52. The van der Waals surface area contributed by atoms with Crippen LogP contribution in [0.15, 0.2) is 55.2 Å². The minimum Gasteiger partial charge on any atom is -0.319 e. The summed E-state index contributed by atoms with van der Waals surface area (Å²) in [5, 5.41) is 3.21. The molecule has 0 aliphatic rings. The van der Waals surface area contributed by atoms with Crippen LogP contribution in [0.2, 0.25) is 0 Å². The van der Waals surface area contributed by atoms with Gasteiger partial charge in [0.15, 0.2) is 18.4 Å². The third kappa shape index (κ3) is 4.04. The molecule has 2 aromatic rings. The van der Waals surface area contributed by atoms with Crippen molar-refractivity contribution >= 4 is 6.08 Å². The summed E-state index contributed by atoms with van der Waals surface area (Å²) in [5.41, 5.74) is 3.92. The van der Waals surface area contributed by atoms with E-state index in [0.29, 0.717) is 0 Å². The first kappa shape index (κ1) is 14.5. The molecular weight excluding hydrogens is 244 g/mol. The number of pyridine rings is 1. The van der Waals surface area contributed by atoms with Crippen LogP contribution in [0.1, 0.15) is 16.8 Å². The molecule has 1 aromatic heterocycles. The van der Waals surface area contributed by atoms with E-state index in [0.717, 1.165) is 25.9 Å². The van der Waals surface area contributed by atoms with Gasteiger partial charge in [0, 0.05) is 31.5 Å². The van der Waals surface area contributed by atoms with Gasteiger partial charge in [-0.3, -0.25) is 0 Å². The van der Waals surface area contributed by atoms with Gasteiger partial charge < -0.3 is 5.32 Å². The van der Waals surface area contributed by atoms with Gasteiger partial charge in [0.05, 0.1) is 0 Å². The normalized spacial score (nSPS) is 10.4. The highest BCUT2D eigenvalue weighted by atomic mass is 15.0. The first-order valence-corrected chi connectivity index (χ1v) is 7.17. The molecule has 0 radical (unpaired) electrons. The molecule has 0 fully saturated rings. The average molecular weight is 267 g/mol. The Kier molecular flexibility index (Phi) is 5.51. The van der Waals surface area contributed by atoms with Crippen LogP contribution in [0.5, 0.6) is 0 Å². The highest BCUT2D eigenvalue weighted by molar-refractivity contribution is 5.47. The van der Waals surface area contributed by atoms with Crippen molar-refractivity contribution in [2.45, 2.75) is 19.4 Å². The maximum atomic E-state index is 3.78. The SMILES string of the molecule is C=Cc1ccc(CC[n+]2ccccc2CCNC)cc1. The number of nitrogens with zero attached hydrogens (tertiary/aromatic N) is 1. The minimum absolute atomic E-state index is 1.01. The van der Waals surface area contributed by atoms with E-state index in [-0.39, 0.29) is 0 Å². The quantitative estimate of drug-likeness (QED) is 0.763. The van der Waals surface area contributed by atoms with E-state index in [9.17, 15) is 0 Å². The fourth-order valence-electron chi connectivity index (χ4n) is 2.28. The molecular formula is C18H23N2+. The van der Waals surface area contributed by atoms with Gasteiger partial charge in [0.25, 0.3) is 0 Å². The standard InChI is InChI=1S/C18H23N2/c1-3-16-7-9-17(10-8-16)12-15-20-14-5-4-6-18(20)11-13-19-2/h3-10,14,19H,1,11-13,15H2,2H3/q+1. The van der Waals surface area contributed by atoms with Crippen LogP contribution in [-0.4, -0.2) is 13.6 Å². The van der Waals surface area contributed by atoms with Gasteiger partial charge >= 0.3 is 0 Å².